The Bertz CT molecular complexity index is 182. The number of hydrogen-bond acceptors (Lipinski definition) is 3. The van der Waals surface area contributed by atoms with Gasteiger partial charge in [0, 0.05) is 0 Å². The van der Waals surface area contributed by atoms with Crippen LogP contribution in [0.25, 0.3) is 0 Å². The minimum atomic E-state index is -4.67. The zero-order valence-electron chi connectivity index (χ0n) is 4.70. The molecule has 0 bridgehead atoms. The van der Waals surface area contributed by atoms with Crippen LogP contribution in [0.1, 0.15) is 6.92 Å². The minimum Gasteiger partial charge on any atom is -0.371 e. The van der Waals surface area contributed by atoms with E-state index in [1.807, 2.05) is 0 Å². The minimum absolute atomic E-state index is 0.669. The van der Waals surface area contributed by atoms with Gasteiger partial charge < -0.3 is 5.11 Å². The normalized spacial score (nSPS) is 19.1. The molecule has 56 valence electrons. The van der Waals surface area contributed by atoms with Gasteiger partial charge in [0.2, 0.25) is 4.93 Å². The summed E-state index contributed by atoms with van der Waals surface area (Å²) in [7, 11) is -4.67. The molecule has 0 saturated carbocycles. The van der Waals surface area contributed by atoms with E-state index in [0.717, 1.165) is 0 Å². The molecule has 0 amide bonds. The van der Waals surface area contributed by atoms with Crippen LogP contribution in [-0.4, -0.2) is 29.7 Å². The summed E-state index contributed by atoms with van der Waals surface area (Å²) in [6.07, 6.45) is 0. The smallest absolute Gasteiger partial charge is 0.297 e. The predicted octanol–water partition coefficient (Wildman–Crippen LogP) is -0.448. The van der Waals surface area contributed by atoms with Gasteiger partial charge >= 0.3 is 0 Å². The largest absolute Gasteiger partial charge is 0.371 e. The number of rotatable bonds is 2. The molecule has 1 unspecified atom stereocenters. The Morgan fingerprint density at radius 3 is 2.00 bits per heavy atom. The lowest BCUT2D eigenvalue weighted by molar-refractivity contribution is 0.102. The van der Waals surface area contributed by atoms with Crippen molar-refractivity contribution in [1.29, 1.82) is 0 Å². The number of halogens is 1. The first-order chi connectivity index (χ1) is 3.81. The fourth-order valence-electron chi connectivity index (χ4n) is 0.0689. The molecule has 0 aromatic heterocycles. The average molecular weight is 158 g/mol. The summed E-state index contributed by atoms with van der Waals surface area (Å²) in [5, 5.41) is 8.45. The van der Waals surface area contributed by atoms with E-state index >= 15 is 0 Å². The lowest BCUT2D eigenvalue weighted by Gasteiger charge is -2.13. The van der Waals surface area contributed by atoms with Gasteiger partial charge in [-0.15, -0.1) is 0 Å². The van der Waals surface area contributed by atoms with Crippen molar-refractivity contribution >= 4 is 10.1 Å². The molecule has 0 spiro atoms. The van der Waals surface area contributed by atoms with E-state index in [1.165, 1.54) is 0 Å². The van der Waals surface area contributed by atoms with Gasteiger partial charge in [-0.1, -0.05) is 0 Å². The molecular formula is C3H7FO4S. The van der Waals surface area contributed by atoms with Crippen molar-refractivity contribution in [3.63, 3.8) is 0 Å². The van der Waals surface area contributed by atoms with Gasteiger partial charge in [0.1, 0.15) is 6.67 Å². The highest BCUT2D eigenvalue weighted by Crippen LogP contribution is 2.10. The van der Waals surface area contributed by atoms with Gasteiger partial charge in [-0.25, -0.2) is 4.39 Å². The van der Waals surface area contributed by atoms with Crippen molar-refractivity contribution < 1.29 is 22.5 Å². The van der Waals surface area contributed by atoms with Crippen molar-refractivity contribution in [3.8, 4) is 0 Å². The highest BCUT2D eigenvalue weighted by Gasteiger charge is 2.35. The van der Waals surface area contributed by atoms with Gasteiger partial charge in [0.05, 0.1) is 0 Å². The first-order valence-corrected chi connectivity index (χ1v) is 3.50. The highest BCUT2D eigenvalue weighted by molar-refractivity contribution is 7.87. The molecule has 0 aliphatic rings. The van der Waals surface area contributed by atoms with Gasteiger partial charge in [-0.2, -0.15) is 8.42 Å². The van der Waals surface area contributed by atoms with Crippen LogP contribution in [0.4, 0.5) is 4.39 Å². The average Bonchev–Trinajstić information content (AvgIpc) is 1.64. The first kappa shape index (κ1) is 8.80. The third-order valence-electron chi connectivity index (χ3n) is 0.804. The SMILES string of the molecule is CC(O)(CF)S(=O)(=O)O. The molecule has 9 heavy (non-hydrogen) atoms. The molecule has 0 aliphatic heterocycles. The van der Waals surface area contributed by atoms with E-state index in [9.17, 15) is 12.8 Å². The maximum Gasteiger partial charge on any atom is 0.297 e. The Morgan fingerprint density at radius 1 is 1.67 bits per heavy atom. The van der Waals surface area contributed by atoms with Crippen LogP contribution in [0.3, 0.4) is 0 Å². The molecule has 1 atom stereocenters. The molecule has 6 heteroatoms. The third-order valence-corrected chi connectivity index (χ3v) is 2.02. The van der Waals surface area contributed by atoms with Crippen LogP contribution >= 0.6 is 0 Å². The van der Waals surface area contributed by atoms with Crippen LogP contribution in [0.2, 0.25) is 0 Å². The zero-order chi connectivity index (χ0) is 7.71. The van der Waals surface area contributed by atoms with Crippen molar-refractivity contribution in [1.82, 2.24) is 0 Å². The van der Waals surface area contributed by atoms with Crippen molar-refractivity contribution in [3.05, 3.63) is 0 Å². The summed E-state index contributed by atoms with van der Waals surface area (Å²) in [5.74, 6) is 0. The number of aliphatic hydroxyl groups is 1. The van der Waals surface area contributed by atoms with E-state index in [2.05, 4.69) is 0 Å². The maximum atomic E-state index is 11.5. The summed E-state index contributed by atoms with van der Waals surface area (Å²) >= 11 is 0. The first-order valence-electron chi connectivity index (χ1n) is 2.06. The number of alkyl halides is 1. The molecule has 0 rings (SSSR count). The molecule has 2 N–H and O–H groups in total. The van der Waals surface area contributed by atoms with Gasteiger partial charge in [-0.05, 0) is 6.92 Å². The quantitative estimate of drug-likeness (QED) is 0.534. The van der Waals surface area contributed by atoms with Gasteiger partial charge in [0.25, 0.3) is 10.1 Å². The van der Waals surface area contributed by atoms with Gasteiger partial charge in [0.15, 0.2) is 0 Å². The lowest BCUT2D eigenvalue weighted by Crippen LogP contribution is -2.36. The van der Waals surface area contributed by atoms with Crippen LogP contribution in [0.5, 0.6) is 0 Å². The molecule has 0 saturated heterocycles. The molecule has 0 aromatic rings. The third kappa shape index (κ3) is 1.88. The predicted molar refractivity (Wildman–Crippen MR) is 28.1 cm³/mol. The standard InChI is InChI=1S/C3H7FO4S/c1-3(5,2-4)9(6,7)8/h5H,2H2,1H3,(H,6,7,8). The highest BCUT2D eigenvalue weighted by atomic mass is 32.2. The Morgan fingerprint density at radius 2 is 2.00 bits per heavy atom. The zero-order valence-corrected chi connectivity index (χ0v) is 5.52. The van der Waals surface area contributed by atoms with Crippen molar-refractivity contribution in [2.75, 3.05) is 6.67 Å². The Balaban J connectivity index is 4.56. The fourth-order valence-corrected chi connectivity index (χ4v) is 0.207. The van der Waals surface area contributed by atoms with Crippen LogP contribution in [0.15, 0.2) is 0 Å². The summed E-state index contributed by atoms with van der Waals surface area (Å²) in [5.41, 5.74) is 0. The Hall–Kier alpha value is -0.200. The molecule has 0 radical (unpaired) electrons. The molecular weight excluding hydrogens is 151 g/mol. The Labute approximate surface area is 52.1 Å². The molecule has 0 aliphatic carbocycles. The fraction of sp³-hybridized carbons (Fsp3) is 1.00. The summed E-state index contributed by atoms with van der Waals surface area (Å²) in [4.78, 5) is -2.66. The van der Waals surface area contributed by atoms with Gasteiger partial charge in [-0.3, -0.25) is 4.55 Å². The molecule has 4 nitrogen and oxygen atoms in total. The van der Waals surface area contributed by atoms with E-state index in [0.29, 0.717) is 6.92 Å². The second-order valence-corrected chi connectivity index (χ2v) is 3.61. The number of hydrogen-bond donors (Lipinski definition) is 2. The lowest BCUT2D eigenvalue weighted by atomic mass is 10.5. The van der Waals surface area contributed by atoms with Crippen LogP contribution in [0, 0.1) is 0 Å². The molecule has 0 fully saturated rings. The van der Waals surface area contributed by atoms with Crippen LogP contribution in [-0.2, 0) is 10.1 Å². The molecule has 0 heterocycles. The second kappa shape index (κ2) is 2.20. The van der Waals surface area contributed by atoms with E-state index in [-0.39, 0.29) is 0 Å². The van der Waals surface area contributed by atoms with E-state index in [1.54, 1.807) is 0 Å². The summed E-state index contributed by atoms with van der Waals surface area (Å²) in [6.45, 7) is -0.853. The van der Waals surface area contributed by atoms with Crippen molar-refractivity contribution in [2.45, 2.75) is 11.9 Å². The van der Waals surface area contributed by atoms with Crippen molar-refractivity contribution in [2.24, 2.45) is 0 Å². The summed E-state index contributed by atoms with van der Waals surface area (Å²) in [6, 6.07) is 0. The summed E-state index contributed by atoms with van der Waals surface area (Å²) < 4.78 is 39.4. The monoisotopic (exact) mass is 158 g/mol. The van der Waals surface area contributed by atoms with E-state index in [4.69, 9.17) is 9.66 Å². The van der Waals surface area contributed by atoms with E-state index < -0.39 is 21.7 Å². The molecule has 0 aromatic carbocycles. The second-order valence-electron chi connectivity index (χ2n) is 1.78. The van der Waals surface area contributed by atoms with Crippen LogP contribution < -0.4 is 0 Å². The maximum absolute atomic E-state index is 11.5. The Kier molecular flexibility index (Phi) is 2.15. The topological polar surface area (TPSA) is 74.6 Å².